The molecule has 0 unspecified atom stereocenters. The number of hydrogen-bond donors (Lipinski definition) is 0. The Morgan fingerprint density at radius 3 is 1.60 bits per heavy atom. The van der Waals surface area contributed by atoms with Crippen LogP contribution in [0.5, 0.6) is 0 Å². The summed E-state index contributed by atoms with van der Waals surface area (Å²) in [6.45, 7) is 0. The highest BCUT2D eigenvalue weighted by molar-refractivity contribution is 7.26. The first-order chi connectivity index (χ1) is 24.8. The summed E-state index contributed by atoms with van der Waals surface area (Å²) in [7, 11) is 0. The molecular weight excluding hydrogens is 625 g/mol. The molecule has 11 rings (SSSR count). The predicted octanol–water partition coefficient (Wildman–Crippen LogP) is 14.4. The fourth-order valence-electron chi connectivity index (χ4n) is 8.22. The zero-order chi connectivity index (χ0) is 32.8. The van der Waals surface area contributed by atoms with Gasteiger partial charge in [-0.15, -0.1) is 11.3 Å². The maximum atomic E-state index is 6.69. The van der Waals surface area contributed by atoms with Crippen LogP contribution in [0.3, 0.4) is 0 Å². The Hall–Kier alpha value is -6.22. The molecule has 0 spiro atoms. The van der Waals surface area contributed by atoms with Crippen molar-refractivity contribution in [1.82, 2.24) is 0 Å². The van der Waals surface area contributed by atoms with E-state index in [9.17, 15) is 0 Å². The van der Waals surface area contributed by atoms with Crippen LogP contribution >= 0.6 is 11.3 Å². The third-order valence-electron chi connectivity index (χ3n) is 10.5. The highest BCUT2D eigenvalue weighted by Gasteiger charge is 2.18. The second kappa shape index (κ2) is 10.6. The minimum atomic E-state index is 0.941. The molecule has 0 aliphatic heterocycles. The van der Waals surface area contributed by atoms with Crippen LogP contribution in [-0.4, -0.2) is 0 Å². The normalized spacial score (nSPS) is 12.0. The molecule has 0 N–H and O–H groups in total. The lowest BCUT2D eigenvalue weighted by molar-refractivity contribution is 0.673. The largest absolute Gasteiger partial charge is 0.455 e. The van der Waals surface area contributed by atoms with E-state index in [0.717, 1.165) is 16.6 Å². The molecular formula is C48H28OS. The Kier molecular flexibility index (Phi) is 5.89. The Labute approximate surface area is 292 Å². The number of thiophene rings is 1. The topological polar surface area (TPSA) is 13.1 Å². The van der Waals surface area contributed by atoms with Gasteiger partial charge in [0.15, 0.2) is 0 Å². The number of hydrogen-bond acceptors (Lipinski definition) is 2. The summed E-state index contributed by atoms with van der Waals surface area (Å²) in [6, 6.07) is 61.9. The van der Waals surface area contributed by atoms with Gasteiger partial charge in [-0.1, -0.05) is 140 Å². The molecule has 0 bridgehead atoms. The van der Waals surface area contributed by atoms with Gasteiger partial charge in [0.2, 0.25) is 0 Å². The van der Waals surface area contributed by atoms with Crippen molar-refractivity contribution < 1.29 is 4.42 Å². The van der Waals surface area contributed by atoms with E-state index in [1.54, 1.807) is 0 Å². The summed E-state index contributed by atoms with van der Waals surface area (Å²) in [5.74, 6) is 0. The molecule has 2 heteroatoms. The van der Waals surface area contributed by atoms with Crippen LogP contribution in [0.25, 0.3) is 108 Å². The molecule has 1 nitrogen and oxygen atoms in total. The minimum Gasteiger partial charge on any atom is -0.455 e. The maximum absolute atomic E-state index is 6.69. The number of fused-ring (bicyclic) bond motifs is 11. The quantitative estimate of drug-likeness (QED) is 0.173. The average molecular weight is 653 g/mol. The Morgan fingerprint density at radius 2 is 0.900 bits per heavy atom. The van der Waals surface area contributed by atoms with Crippen LogP contribution in [0.2, 0.25) is 0 Å². The lowest BCUT2D eigenvalue weighted by Crippen LogP contribution is -1.90. The molecule has 0 saturated carbocycles. The molecule has 11 aromatic rings. The Bertz CT molecular complexity index is 3070. The van der Waals surface area contributed by atoms with Crippen molar-refractivity contribution in [2.75, 3.05) is 0 Å². The SMILES string of the molecule is c1ccc(-c2c3ccccc3c(-c3ccc(-c4ccc5ccc6c(oc7ccc8sc9ccccc9c8c76)c5c4)cc3)c3ccccc23)cc1. The molecule has 0 atom stereocenters. The Morgan fingerprint density at radius 1 is 0.340 bits per heavy atom. The van der Waals surface area contributed by atoms with Crippen molar-refractivity contribution in [2.45, 2.75) is 0 Å². The van der Waals surface area contributed by atoms with Gasteiger partial charge in [-0.3, -0.25) is 0 Å². The summed E-state index contributed by atoms with van der Waals surface area (Å²) >= 11 is 1.85. The van der Waals surface area contributed by atoms with Crippen LogP contribution < -0.4 is 0 Å². The van der Waals surface area contributed by atoms with Crippen LogP contribution in [0.1, 0.15) is 0 Å². The van der Waals surface area contributed by atoms with Gasteiger partial charge < -0.3 is 4.42 Å². The van der Waals surface area contributed by atoms with Crippen LogP contribution in [0.4, 0.5) is 0 Å². The fraction of sp³-hybridized carbons (Fsp3) is 0. The van der Waals surface area contributed by atoms with Crippen molar-refractivity contribution in [1.29, 1.82) is 0 Å². The summed E-state index contributed by atoms with van der Waals surface area (Å²) in [5.41, 5.74) is 9.28. The van der Waals surface area contributed by atoms with Gasteiger partial charge in [0.25, 0.3) is 0 Å². The summed E-state index contributed by atoms with van der Waals surface area (Å²) in [4.78, 5) is 0. The zero-order valence-electron chi connectivity index (χ0n) is 27.0. The summed E-state index contributed by atoms with van der Waals surface area (Å²) in [5, 5.41) is 12.4. The van der Waals surface area contributed by atoms with E-state index >= 15 is 0 Å². The van der Waals surface area contributed by atoms with Gasteiger partial charge in [-0.25, -0.2) is 0 Å². The third-order valence-corrected chi connectivity index (χ3v) is 11.6. The second-order valence-electron chi connectivity index (χ2n) is 13.2. The van der Waals surface area contributed by atoms with E-state index in [1.165, 1.54) is 91.3 Å². The average Bonchev–Trinajstić information content (AvgIpc) is 3.76. The van der Waals surface area contributed by atoms with E-state index in [-0.39, 0.29) is 0 Å². The lowest BCUT2D eigenvalue weighted by Gasteiger charge is -2.18. The van der Waals surface area contributed by atoms with Gasteiger partial charge in [0, 0.05) is 36.3 Å². The molecule has 232 valence electrons. The fourth-order valence-corrected chi connectivity index (χ4v) is 9.34. The van der Waals surface area contributed by atoms with Crippen molar-refractivity contribution in [3.05, 3.63) is 170 Å². The molecule has 9 aromatic carbocycles. The molecule has 50 heavy (non-hydrogen) atoms. The number of benzene rings is 9. The van der Waals surface area contributed by atoms with Gasteiger partial charge in [0.05, 0.1) is 0 Å². The van der Waals surface area contributed by atoms with Crippen molar-refractivity contribution in [3.63, 3.8) is 0 Å². The molecule has 0 radical (unpaired) electrons. The van der Waals surface area contributed by atoms with E-state index in [2.05, 4.69) is 170 Å². The minimum absolute atomic E-state index is 0.941. The predicted molar refractivity (Wildman–Crippen MR) is 215 cm³/mol. The standard InChI is InChI=1S/C48H28OS/c1-2-10-31(11-3-1)44-34-12-4-6-14-36(34)45(37-15-7-5-13-35(37)44)32-21-18-29(19-22-32)33-23-20-30-24-25-39-46-41(49-48(39)40(30)28-33)26-27-43-47(46)38-16-8-9-17-42(38)50-43/h1-28H. The van der Waals surface area contributed by atoms with Crippen molar-refractivity contribution >= 4 is 85.8 Å². The molecule has 0 aliphatic carbocycles. The van der Waals surface area contributed by atoms with Crippen LogP contribution in [0, 0.1) is 0 Å². The monoisotopic (exact) mass is 652 g/mol. The summed E-state index contributed by atoms with van der Waals surface area (Å²) in [6.07, 6.45) is 0. The molecule has 0 fully saturated rings. The molecule has 2 heterocycles. The first-order valence-corrected chi connectivity index (χ1v) is 17.9. The third kappa shape index (κ3) is 4.00. The first kappa shape index (κ1) is 27.7. The van der Waals surface area contributed by atoms with E-state index in [1.807, 2.05) is 11.3 Å². The molecule has 2 aromatic heterocycles. The molecule has 0 aliphatic rings. The van der Waals surface area contributed by atoms with Crippen LogP contribution in [0.15, 0.2) is 174 Å². The van der Waals surface area contributed by atoms with Gasteiger partial charge in [0.1, 0.15) is 11.2 Å². The summed E-state index contributed by atoms with van der Waals surface area (Å²) < 4.78 is 9.29. The van der Waals surface area contributed by atoms with Gasteiger partial charge in [-0.05, 0) is 90.6 Å². The highest BCUT2D eigenvalue weighted by atomic mass is 32.1. The van der Waals surface area contributed by atoms with E-state index in [4.69, 9.17) is 4.42 Å². The number of rotatable bonds is 3. The highest BCUT2D eigenvalue weighted by Crippen LogP contribution is 2.46. The van der Waals surface area contributed by atoms with E-state index < -0.39 is 0 Å². The first-order valence-electron chi connectivity index (χ1n) is 17.1. The van der Waals surface area contributed by atoms with Crippen LogP contribution in [-0.2, 0) is 0 Å². The lowest BCUT2D eigenvalue weighted by atomic mass is 9.85. The maximum Gasteiger partial charge on any atom is 0.143 e. The van der Waals surface area contributed by atoms with Gasteiger partial charge in [-0.2, -0.15) is 0 Å². The second-order valence-corrected chi connectivity index (χ2v) is 14.3. The van der Waals surface area contributed by atoms with E-state index in [0.29, 0.717) is 0 Å². The van der Waals surface area contributed by atoms with Crippen molar-refractivity contribution in [3.8, 4) is 33.4 Å². The molecule has 0 saturated heterocycles. The smallest absolute Gasteiger partial charge is 0.143 e. The number of furan rings is 1. The van der Waals surface area contributed by atoms with Gasteiger partial charge >= 0.3 is 0 Å². The van der Waals surface area contributed by atoms with Crippen molar-refractivity contribution in [2.24, 2.45) is 0 Å². The Balaban J connectivity index is 1.07. The molecule has 0 amide bonds. The zero-order valence-corrected chi connectivity index (χ0v) is 27.8.